The lowest BCUT2D eigenvalue weighted by Gasteiger charge is -2.43. The Labute approximate surface area is 129 Å². The fourth-order valence-electron chi connectivity index (χ4n) is 4.76. The number of nitrogens with two attached hydrogens (primary N) is 1. The van der Waals surface area contributed by atoms with E-state index in [1.807, 2.05) is 0 Å². The maximum absolute atomic E-state index is 12.5. The van der Waals surface area contributed by atoms with E-state index in [1.165, 1.54) is 51.4 Å². The molecule has 0 radical (unpaired) electrons. The van der Waals surface area contributed by atoms with Crippen LogP contribution in [0.5, 0.6) is 0 Å². The van der Waals surface area contributed by atoms with E-state index >= 15 is 0 Å². The highest BCUT2D eigenvalue weighted by Crippen LogP contribution is 2.38. The van der Waals surface area contributed by atoms with Crippen molar-refractivity contribution in [3.05, 3.63) is 0 Å². The van der Waals surface area contributed by atoms with Crippen molar-refractivity contribution in [1.29, 1.82) is 0 Å². The SMILES string of the molecule is NCC(CC(=O)N1CCCCC1)N1CCCC2CCCC21. The zero-order chi connectivity index (χ0) is 14.7. The Morgan fingerprint density at radius 3 is 2.52 bits per heavy atom. The van der Waals surface area contributed by atoms with Crippen LogP contribution in [0.15, 0.2) is 0 Å². The van der Waals surface area contributed by atoms with Crippen LogP contribution in [0.25, 0.3) is 0 Å². The van der Waals surface area contributed by atoms with Gasteiger partial charge in [-0.25, -0.2) is 0 Å². The number of carbonyl (C=O) groups excluding carboxylic acids is 1. The average molecular weight is 293 g/mol. The summed E-state index contributed by atoms with van der Waals surface area (Å²) in [6, 6.07) is 0.979. The summed E-state index contributed by atoms with van der Waals surface area (Å²) in [6.07, 6.45) is 11.0. The van der Waals surface area contributed by atoms with Gasteiger partial charge in [-0.05, 0) is 57.4 Å². The molecule has 4 nitrogen and oxygen atoms in total. The summed E-state index contributed by atoms with van der Waals surface area (Å²) in [5.74, 6) is 1.21. The van der Waals surface area contributed by atoms with Crippen molar-refractivity contribution < 1.29 is 4.79 Å². The van der Waals surface area contributed by atoms with Crippen molar-refractivity contribution in [2.45, 2.75) is 69.9 Å². The molecule has 0 aromatic carbocycles. The Hall–Kier alpha value is -0.610. The average Bonchev–Trinajstić information content (AvgIpc) is 3.02. The summed E-state index contributed by atoms with van der Waals surface area (Å²) in [7, 11) is 0. The number of piperidine rings is 2. The molecule has 1 amide bonds. The first-order chi connectivity index (χ1) is 10.3. The number of hydrogen-bond donors (Lipinski definition) is 1. The number of rotatable bonds is 4. The van der Waals surface area contributed by atoms with Gasteiger partial charge >= 0.3 is 0 Å². The first-order valence-electron chi connectivity index (χ1n) is 9.03. The van der Waals surface area contributed by atoms with Crippen LogP contribution in [0.4, 0.5) is 0 Å². The largest absolute Gasteiger partial charge is 0.343 e. The van der Waals surface area contributed by atoms with Gasteiger partial charge in [0.15, 0.2) is 0 Å². The van der Waals surface area contributed by atoms with E-state index in [0.29, 0.717) is 24.9 Å². The summed E-state index contributed by atoms with van der Waals surface area (Å²) in [6.45, 7) is 3.70. The monoisotopic (exact) mass is 293 g/mol. The van der Waals surface area contributed by atoms with Gasteiger partial charge in [0.25, 0.3) is 0 Å². The Morgan fingerprint density at radius 2 is 1.76 bits per heavy atom. The lowest BCUT2D eigenvalue weighted by molar-refractivity contribution is -0.133. The third-order valence-corrected chi connectivity index (χ3v) is 5.90. The van der Waals surface area contributed by atoms with Crippen LogP contribution < -0.4 is 5.73 Å². The van der Waals surface area contributed by atoms with E-state index in [1.54, 1.807) is 0 Å². The van der Waals surface area contributed by atoms with Gasteiger partial charge in [-0.2, -0.15) is 0 Å². The fraction of sp³-hybridized carbons (Fsp3) is 0.941. The third kappa shape index (κ3) is 3.42. The van der Waals surface area contributed by atoms with E-state index in [0.717, 1.165) is 25.6 Å². The topological polar surface area (TPSA) is 49.6 Å². The van der Waals surface area contributed by atoms with Gasteiger partial charge in [-0.15, -0.1) is 0 Å². The van der Waals surface area contributed by atoms with E-state index in [4.69, 9.17) is 5.73 Å². The molecule has 2 N–H and O–H groups in total. The molecule has 3 fully saturated rings. The summed E-state index contributed by atoms with van der Waals surface area (Å²) < 4.78 is 0. The van der Waals surface area contributed by atoms with Crippen LogP contribution in [0.2, 0.25) is 0 Å². The number of nitrogens with zero attached hydrogens (tertiary/aromatic N) is 2. The van der Waals surface area contributed by atoms with Gasteiger partial charge in [0.2, 0.25) is 5.91 Å². The molecule has 120 valence electrons. The highest BCUT2D eigenvalue weighted by atomic mass is 16.2. The van der Waals surface area contributed by atoms with Gasteiger partial charge in [-0.3, -0.25) is 9.69 Å². The first-order valence-corrected chi connectivity index (χ1v) is 9.03. The fourth-order valence-corrected chi connectivity index (χ4v) is 4.76. The normalized spacial score (nSPS) is 32.0. The number of carbonyl (C=O) groups is 1. The molecule has 2 aliphatic heterocycles. The van der Waals surface area contributed by atoms with Crippen molar-refractivity contribution in [2.75, 3.05) is 26.2 Å². The predicted molar refractivity (Wildman–Crippen MR) is 85.0 cm³/mol. The minimum Gasteiger partial charge on any atom is -0.343 e. The quantitative estimate of drug-likeness (QED) is 0.862. The molecule has 3 rings (SSSR count). The second-order valence-corrected chi connectivity index (χ2v) is 7.17. The molecular formula is C17H31N3O. The highest BCUT2D eigenvalue weighted by molar-refractivity contribution is 5.77. The van der Waals surface area contributed by atoms with Crippen LogP contribution >= 0.6 is 0 Å². The second kappa shape index (κ2) is 7.10. The molecule has 3 atom stereocenters. The molecule has 21 heavy (non-hydrogen) atoms. The standard InChI is InChI=1S/C17H31N3O/c18-13-15(12-17(21)19-9-2-1-3-10-19)20-11-5-7-14-6-4-8-16(14)20/h14-16H,1-13,18H2. The third-order valence-electron chi connectivity index (χ3n) is 5.90. The number of likely N-dealkylation sites (tertiary alicyclic amines) is 2. The maximum atomic E-state index is 12.5. The highest BCUT2D eigenvalue weighted by Gasteiger charge is 2.38. The van der Waals surface area contributed by atoms with Crippen molar-refractivity contribution in [3.63, 3.8) is 0 Å². The van der Waals surface area contributed by atoms with E-state index in [-0.39, 0.29) is 6.04 Å². The van der Waals surface area contributed by atoms with Crippen LogP contribution in [0, 0.1) is 5.92 Å². The molecule has 3 unspecified atom stereocenters. The van der Waals surface area contributed by atoms with Gasteiger partial charge in [0.1, 0.15) is 0 Å². The second-order valence-electron chi connectivity index (χ2n) is 7.17. The van der Waals surface area contributed by atoms with Crippen molar-refractivity contribution in [2.24, 2.45) is 11.7 Å². The minimum absolute atomic E-state index is 0.269. The molecule has 0 bridgehead atoms. The summed E-state index contributed by atoms with van der Waals surface area (Å²) in [5.41, 5.74) is 6.05. The summed E-state index contributed by atoms with van der Waals surface area (Å²) in [5, 5.41) is 0. The molecule has 3 aliphatic rings. The molecule has 4 heteroatoms. The molecule has 2 heterocycles. The Morgan fingerprint density at radius 1 is 1.00 bits per heavy atom. The molecule has 0 aromatic rings. The van der Waals surface area contributed by atoms with Gasteiger partial charge in [0, 0.05) is 38.1 Å². The molecular weight excluding hydrogens is 262 g/mol. The molecule has 1 aliphatic carbocycles. The van der Waals surface area contributed by atoms with Crippen LogP contribution in [-0.2, 0) is 4.79 Å². The first kappa shape index (κ1) is 15.3. The van der Waals surface area contributed by atoms with Crippen LogP contribution in [-0.4, -0.2) is 54.0 Å². The minimum atomic E-state index is 0.269. The number of fused-ring (bicyclic) bond motifs is 1. The maximum Gasteiger partial charge on any atom is 0.224 e. The Kier molecular flexibility index (Phi) is 5.17. The predicted octanol–water partition coefficient (Wildman–Crippen LogP) is 1.98. The number of hydrogen-bond acceptors (Lipinski definition) is 3. The van der Waals surface area contributed by atoms with Crippen molar-refractivity contribution >= 4 is 5.91 Å². The molecule has 1 saturated carbocycles. The lowest BCUT2D eigenvalue weighted by atomic mass is 9.90. The zero-order valence-electron chi connectivity index (χ0n) is 13.3. The van der Waals surface area contributed by atoms with Crippen LogP contribution in [0.1, 0.15) is 57.8 Å². The molecule has 0 spiro atoms. The van der Waals surface area contributed by atoms with Gasteiger partial charge < -0.3 is 10.6 Å². The van der Waals surface area contributed by atoms with Crippen LogP contribution in [0.3, 0.4) is 0 Å². The Bertz CT molecular complexity index is 354. The lowest BCUT2D eigenvalue weighted by Crippen LogP contribution is -2.53. The Balaban J connectivity index is 1.59. The van der Waals surface area contributed by atoms with E-state index in [9.17, 15) is 4.79 Å². The van der Waals surface area contributed by atoms with Gasteiger partial charge in [0.05, 0.1) is 0 Å². The van der Waals surface area contributed by atoms with Crippen molar-refractivity contribution in [3.8, 4) is 0 Å². The summed E-state index contributed by atoms with van der Waals surface area (Å²) >= 11 is 0. The molecule has 2 saturated heterocycles. The number of amides is 1. The van der Waals surface area contributed by atoms with E-state index < -0.39 is 0 Å². The summed E-state index contributed by atoms with van der Waals surface area (Å²) in [4.78, 5) is 17.2. The smallest absolute Gasteiger partial charge is 0.224 e. The van der Waals surface area contributed by atoms with Gasteiger partial charge in [-0.1, -0.05) is 6.42 Å². The van der Waals surface area contributed by atoms with E-state index in [2.05, 4.69) is 9.80 Å². The van der Waals surface area contributed by atoms with Crippen molar-refractivity contribution in [1.82, 2.24) is 9.80 Å². The molecule has 0 aromatic heterocycles. The zero-order valence-corrected chi connectivity index (χ0v) is 13.3.